The van der Waals surface area contributed by atoms with E-state index in [1.54, 1.807) is 17.1 Å². The van der Waals surface area contributed by atoms with E-state index in [-0.39, 0.29) is 18.1 Å². The topological polar surface area (TPSA) is 73.1 Å². The zero-order valence-corrected chi connectivity index (χ0v) is 14.4. The van der Waals surface area contributed by atoms with Gasteiger partial charge >= 0.3 is 0 Å². The first-order chi connectivity index (χ1) is 12.2. The summed E-state index contributed by atoms with van der Waals surface area (Å²) in [6.45, 7) is 1.50. The van der Waals surface area contributed by atoms with Gasteiger partial charge in [0.15, 0.2) is 0 Å². The number of hydrogen-bond donors (Lipinski definition) is 0. The van der Waals surface area contributed by atoms with Crippen LogP contribution in [-0.4, -0.2) is 55.9 Å². The molecule has 132 valence electrons. The predicted molar refractivity (Wildman–Crippen MR) is 90.8 cm³/mol. The molecule has 7 heteroatoms. The molecule has 2 aliphatic rings. The fraction of sp³-hybridized carbons (Fsp3) is 0.556. The quantitative estimate of drug-likeness (QED) is 0.795. The molecule has 7 nitrogen and oxygen atoms in total. The van der Waals surface area contributed by atoms with Crippen LogP contribution >= 0.6 is 0 Å². The van der Waals surface area contributed by atoms with Crippen LogP contribution in [0.25, 0.3) is 0 Å². The second kappa shape index (κ2) is 6.92. The van der Waals surface area contributed by atoms with Crippen molar-refractivity contribution in [1.29, 1.82) is 0 Å². The highest BCUT2D eigenvalue weighted by Gasteiger charge is 2.39. The van der Waals surface area contributed by atoms with Gasteiger partial charge in [0.25, 0.3) is 5.91 Å². The molecule has 2 atom stereocenters. The van der Waals surface area contributed by atoms with Crippen LogP contribution < -0.4 is 0 Å². The third-order valence-electron chi connectivity index (χ3n) is 4.97. The molecule has 0 unspecified atom stereocenters. The normalized spacial score (nSPS) is 23.2. The number of aryl methyl sites for hydroxylation is 1. The smallest absolute Gasteiger partial charge is 0.274 e. The van der Waals surface area contributed by atoms with Gasteiger partial charge in [-0.15, -0.1) is 0 Å². The molecule has 4 rings (SSSR count). The van der Waals surface area contributed by atoms with Crippen molar-refractivity contribution in [2.24, 2.45) is 13.0 Å². The fourth-order valence-corrected chi connectivity index (χ4v) is 3.43. The summed E-state index contributed by atoms with van der Waals surface area (Å²) in [6.07, 6.45) is 12.7. The molecular weight excluding hydrogens is 318 g/mol. The van der Waals surface area contributed by atoms with Crippen molar-refractivity contribution >= 4 is 5.91 Å². The van der Waals surface area contributed by atoms with Crippen LogP contribution in [0, 0.1) is 5.92 Å². The van der Waals surface area contributed by atoms with Crippen molar-refractivity contribution in [3.8, 4) is 0 Å². The molecule has 2 aromatic heterocycles. The summed E-state index contributed by atoms with van der Waals surface area (Å²) in [5.41, 5.74) is 1.51. The molecule has 2 fully saturated rings. The SMILES string of the molecule is Cn1cc(C[C@@H]2[C@H](OCC3CC3)CCN2C(=O)c2cnccn2)cn1. The summed E-state index contributed by atoms with van der Waals surface area (Å²) >= 11 is 0. The number of nitrogens with zero attached hydrogens (tertiary/aromatic N) is 5. The summed E-state index contributed by atoms with van der Waals surface area (Å²) in [6, 6.07) is 0.0115. The first-order valence-corrected chi connectivity index (χ1v) is 8.87. The van der Waals surface area contributed by atoms with Gasteiger partial charge in [0.1, 0.15) is 5.69 Å². The largest absolute Gasteiger partial charge is 0.376 e. The zero-order valence-electron chi connectivity index (χ0n) is 14.4. The van der Waals surface area contributed by atoms with Gasteiger partial charge in [-0.1, -0.05) is 0 Å². The van der Waals surface area contributed by atoms with Crippen LogP contribution in [0.3, 0.4) is 0 Å². The third-order valence-corrected chi connectivity index (χ3v) is 4.97. The maximum atomic E-state index is 12.9. The molecule has 1 aliphatic carbocycles. The predicted octanol–water partition coefficient (Wildman–Crippen LogP) is 1.46. The average molecular weight is 341 g/mol. The van der Waals surface area contributed by atoms with E-state index in [2.05, 4.69) is 15.1 Å². The van der Waals surface area contributed by atoms with Crippen molar-refractivity contribution in [2.75, 3.05) is 13.2 Å². The Labute approximate surface area is 147 Å². The maximum Gasteiger partial charge on any atom is 0.274 e. The van der Waals surface area contributed by atoms with Gasteiger partial charge in [0, 0.05) is 38.8 Å². The Balaban J connectivity index is 1.52. The molecular formula is C18H23N5O2. The van der Waals surface area contributed by atoms with E-state index in [4.69, 9.17) is 4.74 Å². The number of carbonyl (C=O) groups is 1. The Kier molecular flexibility index (Phi) is 4.48. The van der Waals surface area contributed by atoms with E-state index in [0.29, 0.717) is 18.2 Å². The van der Waals surface area contributed by atoms with E-state index < -0.39 is 0 Å². The maximum absolute atomic E-state index is 12.9. The average Bonchev–Trinajstić information content (AvgIpc) is 3.25. The highest BCUT2D eigenvalue weighted by atomic mass is 16.5. The minimum atomic E-state index is -0.0699. The molecule has 0 N–H and O–H groups in total. The van der Waals surface area contributed by atoms with Crippen molar-refractivity contribution in [3.05, 3.63) is 42.2 Å². The summed E-state index contributed by atoms with van der Waals surface area (Å²) in [7, 11) is 1.90. The number of rotatable bonds is 6. The number of hydrogen-bond acceptors (Lipinski definition) is 5. The van der Waals surface area contributed by atoms with Gasteiger partial charge in [0.2, 0.25) is 0 Å². The van der Waals surface area contributed by atoms with Gasteiger partial charge in [-0.2, -0.15) is 5.10 Å². The second-order valence-electron chi connectivity index (χ2n) is 6.99. The van der Waals surface area contributed by atoms with Gasteiger partial charge in [-0.3, -0.25) is 14.5 Å². The van der Waals surface area contributed by atoms with Crippen LogP contribution in [0.5, 0.6) is 0 Å². The molecule has 0 spiro atoms. The zero-order chi connectivity index (χ0) is 17.2. The Hall–Kier alpha value is -2.28. The van der Waals surface area contributed by atoms with Crippen molar-refractivity contribution in [1.82, 2.24) is 24.6 Å². The molecule has 25 heavy (non-hydrogen) atoms. The molecule has 1 saturated carbocycles. The fourth-order valence-electron chi connectivity index (χ4n) is 3.43. The summed E-state index contributed by atoms with van der Waals surface area (Å²) in [5, 5.41) is 4.25. The number of amides is 1. The van der Waals surface area contributed by atoms with E-state index in [1.807, 2.05) is 24.3 Å². The molecule has 0 aromatic carbocycles. The highest BCUT2D eigenvalue weighted by molar-refractivity contribution is 5.92. The highest BCUT2D eigenvalue weighted by Crippen LogP contribution is 2.32. The molecule has 0 radical (unpaired) electrons. The first kappa shape index (κ1) is 16.2. The van der Waals surface area contributed by atoms with Crippen LogP contribution in [0.15, 0.2) is 31.0 Å². The minimum Gasteiger partial charge on any atom is -0.376 e. The van der Waals surface area contributed by atoms with E-state index in [0.717, 1.165) is 25.0 Å². The van der Waals surface area contributed by atoms with E-state index in [1.165, 1.54) is 19.0 Å². The molecule has 2 aromatic rings. The van der Waals surface area contributed by atoms with Crippen LogP contribution in [0.4, 0.5) is 0 Å². The van der Waals surface area contributed by atoms with E-state index in [9.17, 15) is 4.79 Å². The molecule has 1 amide bonds. The Morgan fingerprint density at radius 2 is 2.16 bits per heavy atom. The second-order valence-corrected chi connectivity index (χ2v) is 6.99. The monoisotopic (exact) mass is 341 g/mol. The van der Waals surface area contributed by atoms with Gasteiger partial charge < -0.3 is 9.64 Å². The van der Waals surface area contributed by atoms with Gasteiger partial charge in [0.05, 0.1) is 24.5 Å². The van der Waals surface area contributed by atoms with Crippen molar-refractivity contribution in [2.45, 2.75) is 37.8 Å². The standard InChI is InChI=1S/C18H23N5O2/c1-22-11-14(9-21-22)8-16-17(25-12-13-2-3-13)4-7-23(16)18(24)15-10-19-5-6-20-15/h5-6,9-11,13,16-17H,2-4,7-8,12H2,1H3/t16-,17-/m1/s1. The van der Waals surface area contributed by atoms with Crippen LogP contribution in [0.1, 0.15) is 35.3 Å². The number of ether oxygens (including phenoxy) is 1. The third kappa shape index (κ3) is 3.71. The lowest BCUT2D eigenvalue weighted by atomic mass is 10.0. The number of aromatic nitrogens is 4. The molecule has 1 aliphatic heterocycles. The number of carbonyl (C=O) groups excluding carboxylic acids is 1. The lowest BCUT2D eigenvalue weighted by molar-refractivity contribution is 0.0198. The Bertz CT molecular complexity index is 728. The first-order valence-electron chi connectivity index (χ1n) is 8.87. The summed E-state index contributed by atoms with van der Waals surface area (Å²) in [4.78, 5) is 23.0. The van der Waals surface area contributed by atoms with Gasteiger partial charge in [-0.05, 0) is 37.2 Å². The molecule has 1 saturated heterocycles. The van der Waals surface area contributed by atoms with Gasteiger partial charge in [-0.25, -0.2) is 4.98 Å². The van der Waals surface area contributed by atoms with E-state index >= 15 is 0 Å². The lowest BCUT2D eigenvalue weighted by Crippen LogP contribution is -2.42. The molecule has 0 bridgehead atoms. The lowest BCUT2D eigenvalue weighted by Gasteiger charge is -2.27. The van der Waals surface area contributed by atoms with Crippen LogP contribution in [-0.2, 0) is 18.2 Å². The van der Waals surface area contributed by atoms with Crippen LogP contribution in [0.2, 0.25) is 0 Å². The Morgan fingerprint density at radius 3 is 2.84 bits per heavy atom. The summed E-state index contributed by atoms with van der Waals surface area (Å²) < 4.78 is 7.97. The molecule has 3 heterocycles. The summed E-state index contributed by atoms with van der Waals surface area (Å²) in [5.74, 6) is 0.642. The Morgan fingerprint density at radius 1 is 1.28 bits per heavy atom. The number of likely N-dealkylation sites (tertiary alicyclic amines) is 1. The van der Waals surface area contributed by atoms with Crippen molar-refractivity contribution in [3.63, 3.8) is 0 Å². The minimum absolute atomic E-state index is 0.0115. The van der Waals surface area contributed by atoms with Crippen molar-refractivity contribution < 1.29 is 9.53 Å².